The van der Waals surface area contributed by atoms with Gasteiger partial charge in [-0.1, -0.05) is 46.6 Å². The number of fused-ring (bicyclic) bond motifs is 1. The highest BCUT2D eigenvalue weighted by molar-refractivity contribution is 9.10. The standard InChI is InChI=1S/C21H16BrClN2O4/c1-2-21(13-3-6-15(23)7-4-13)19(27)25(20(28)24-21)11-12-9-18(26)29-17-10-14(22)5-8-16(12)17/h3-10H,2,11H2,1H3,(H,24,28). The van der Waals surface area contributed by atoms with Crippen molar-refractivity contribution in [3.63, 3.8) is 0 Å². The van der Waals surface area contributed by atoms with Crippen LogP contribution < -0.4 is 10.9 Å². The molecule has 148 valence electrons. The Morgan fingerprint density at radius 2 is 1.83 bits per heavy atom. The molecule has 6 nitrogen and oxygen atoms in total. The van der Waals surface area contributed by atoms with Crippen molar-refractivity contribution in [2.24, 2.45) is 0 Å². The second-order valence-corrected chi connectivity index (χ2v) is 8.17. The first-order valence-electron chi connectivity index (χ1n) is 8.96. The maximum Gasteiger partial charge on any atom is 0.336 e. The molecule has 0 bridgehead atoms. The third-order valence-corrected chi connectivity index (χ3v) is 5.91. The fourth-order valence-electron chi connectivity index (χ4n) is 3.65. The molecule has 0 saturated carbocycles. The molecule has 1 aliphatic rings. The van der Waals surface area contributed by atoms with Crippen LogP contribution in [0.15, 0.2) is 62.2 Å². The second-order valence-electron chi connectivity index (χ2n) is 6.82. The van der Waals surface area contributed by atoms with Crippen molar-refractivity contribution in [1.82, 2.24) is 10.2 Å². The number of carbonyl (C=O) groups excluding carboxylic acids is 2. The smallest absolute Gasteiger partial charge is 0.336 e. The first-order valence-corrected chi connectivity index (χ1v) is 10.1. The molecule has 2 aromatic carbocycles. The zero-order chi connectivity index (χ0) is 20.8. The molecule has 0 radical (unpaired) electrons. The van der Waals surface area contributed by atoms with Gasteiger partial charge in [0.15, 0.2) is 0 Å². The number of urea groups is 1. The van der Waals surface area contributed by atoms with Crippen LogP contribution in [0.25, 0.3) is 11.0 Å². The Morgan fingerprint density at radius 3 is 2.52 bits per heavy atom. The molecule has 4 rings (SSSR count). The minimum absolute atomic E-state index is 0.0380. The number of carbonyl (C=O) groups is 2. The van der Waals surface area contributed by atoms with Crippen molar-refractivity contribution in [2.75, 3.05) is 0 Å². The lowest BCUT2D eigenvalue weighted by molar-refractivity contribution is -0.132. The highest BCUT2D eigenvalue weighted by Gasteiger charge is 2.51. The highest BCUT2D eigenvalue weighted by Crippen LogP contribution is 2.34. The fourth-order valence-corrected chi connectivity index (χ4v) is 4.11. The van der Waals surface area contributed by atoms with Gasteiger partial charge in [-0.2, -0.15) is 0 Å². The summed E-state index contributed by atoms with van der Waals surface area (Å²) in [6, 6.07) is 12.9. The number of halogens is 2. The Kier molecular flexibility index (Phi) is 4.96. The summed E-state index contributed by atoms with van der Waals surface area (Å²) in [5.74, 6) is -0.370. The second kappa shape index (κ2) is 7.31. The van der Waals surface area contributed by atoms with Crippen LogP contribution in [0.2, 0.25) is 5.02 Å². The zero-order valence-corrected chi connectivity index (χ0v) is 17.7. The number of benzene rings is 2. The van der Waals surface area contributed by atoms with Gasteiger partial charge in [0.05, 0.1) is 6.54 Å². The summed E-state index contributed by atoms with van der Waals surface area (Å²) < 4.78 is 6.00. The number of hydrogen-bond acceptors (Lipinski definition) is 4. The largest absolute Gasteiger partial charge is 0.423 e. The Balaban J connectivity index is 1.75. The van der Waals surface area contributed by atoms with Crippen LogP contribution >= 0.6 is 27.5 Å². The van der Waals surface area contributed by atoms with Gasteiger partial charge < -0.3 is 9.73 Å². The first kappa shape index (κ1) is 19.7. The summed E-state index contributed by atoms with van der Waals surface area (Å²) in [5, 5.41) is 4.03. The Hall–Kier alpha value is -2.64. The van der Waals surface area contributed by atoms with Crippen LogP contribution in [0, 0.1) is 0 Å². The molecular formula is C21H16BrClN2O4. The molecule has 8 heteroatoms. The SMILES string of the molecule is CCC1(c2ccc(Cl)cc2)NC(=O)N(Cc2cc(=O)oc3cc(Br)ccc23)C1=O. The van der Waals surface area contributed by atoms with E-state index in [1.165, 1.54) is 6.07 Å². The van der Waals surface area contributed by atoms with Gasteiger partial charge in [0.2, 0.25) is 0 Å². The number of imide groups is 1. The fraction of sp³-hybridized carbons (Fsp3) is 0.190. The Bertz CT molecular complexity index is 1190. The number of amides is 3. The molecule has 1 aliphatic heterocycles. The third kappa shape index (κ3) is 3.34. The van der Waals surface area contributed by atoms with Crippen molar-refractivity contribution < 1.29 is 14.0 Å². The quantitative estimate of drug-likeness (QED) is 0.443. The molecule has 1 N–H and O–H groups in total. The molecule has 0 aliphatic carbocycles. The van der Waals surface area contributed by atoms with Crippen LogP contribution in [0.3, 0.4) is 0 Å². The van der Waals surface area contributed by atoms with Gasteiger partial charge in [0.1, 0.15) is 11.1 Å². The number of hydrogen-bond donors (Lipinski definition) is 1. The van der Waals surface area contributed by atoms with Gasteiger partial charge in [0.25, 0.3) is 5.91 Å². The molecule has 1 unspecified atom stereocenters. The van der Waals surface area contributed by atoms with E-state index in [1.54, 1.807) is 36.4 Å². The van der Waals surface area contributed by atoms with Gasteiger partial charge in [0, 0.05) is 20.9 Å². The third-order valence-electron chi connectivity index (χ3n) is 5.16. The van der Waals surface area contributed by atoms with E-state index in [0.717, 1.165) is 9.37 Å². The van der Waals surface area contributed by atoms with Crippen LogP contribution in [-0.4, -0.2) is 16.8 Å². The summed E-state index contributed by atoms with van der Waals surface area (Å²) in [5.41, 5.74) is -0.132. The molecular weight excluding hydrogens is 460 g/mol. The molecule has 3 aromatic rings. The van der Waals surface area contributed by atoms with Crippen molar-refractivity contribution in [1.29, 1.82) is 0 Å². The highest BCUT2D eigenvalue weighted by atomic mass is 79.9. The molecule has 0 spiro atoms. The predicted molar refractivity (Wildman–Crippen MR) is 113 cm³/mol. The van der Waals surface area contributed by atoms with Crippen molar-refractivity contribution in [2.45, 2.75) is 25.4 Å². The van der Waals surface area contributed by atoms with E-state index in [1.807, 2.05) is 13.0 Å². The predicted octanol–water partition coefficient (Wildman–Crippen LogP) is 4.57. The molecule has 2 heterocycles. The lowest BCUT2D eigenvalue weighted by atomic mass is 9.87. The van der Waals surface area contributed by atoms with Gasteiger partial charge in [-0.05, 0) is 47.9 Å². The van der Waals surface area contributed by atoms with Crippen LogP contribution in [-0.2, 0) is 16.9 Å². The number of nitrogens with zero attached hydrogens (tertiary/aromatic N) is 1. The van der Waals surface area contributed by atoms with Crippen LogP contribution in [0.5, 0.6) is 0 Å². The van der Waals surface area contributed by atoms with Crippen LogP contribution in [0.4, 0.5) is 4.79 Å². The van der Waals surface area contributed by atoms with Crippen molar-refractivity contribution >= 4 is 50.4 Å². The minimum atomic E-state index is -1.17. The average molecular weight is 476 g/mol. The topological polar surface area (TPSA) is 79.6 Å². The molecule has 1 aromatic heterocycles. The summed E-state index contributed by atoms with van der Waals surface area (Å²) in [7, 11) is 0. The average Bonchev–Trinajstić information content (AvgIpc) is 2.93. The van der Waals surface area contributed by atoms with E-state index in [9.17, 15) is 14.4 Å². The van der Waals surface area contributed by atoms with Crippen LogP contribution in [0.1, 0.15) is 24.5 Å². The van der Waals surface area contributed by atoms with E-state index in [-0.39, 0.29) is 12.5 Å². The van der Waals surface area contributed by atoms with Crippen molar-refractivity contribution in [3.8, 4) is 0 Å². The van der Waals surface area contributed by atoms with E-state index >= 15 is 0 Å². The van der Waals surface area contributed by atoms with E-state index in [0.29, 0.717) is 33.5 Å². The van der Waals surface area contributed by atoms with Gasteiger partial charge in [-0.25, -0.2) is 9.59 Å². The number of nitrogens with one attached hydrogen (secondary N) is 1. The van der Waals surface area contributed by atoms with E-state index in [2.05, 4.69) is 21.2 Å². The molecule has 1 fully saturated rings. The van der Waals surface area contributed by atoms with E-state index < -0.39 is 17.2 Å². The summed E-state index contributed by atoms with van der Waals surface area (Å²) in [6.07, 6.45) is 0.375. The lowest BCUT2D eigenvalue weighted by Gasteiger charge is -2.26. The molecule has 1 saturated heterocycles. The summed E-state index contributed by atoms with van der Waals surface area (Å²) in [6.45, 7) is 1.80. The normalized spacial score (nSPS) is 19.1. The Labute approximate surface area is 179 Å². The van der Waals surface area contributed by atoms with Gasteiger partial charge in [-0.15, -0.1) is 0 Å². The first-order chi connectivity index (χ1) is 13.8. The van der Waals surface area contributed by atoms with Gasteiger partial charge in [-0.3, -0.25) is 9.69 Å². The number of rotatable bonds is 4. The molecule has 1 atom stereocenters. The van der Waals surface area contributed by atoms with Crippen molar-refractivity contribution in [3.05, 3.63) is 79.6 Å². The molecule has 3 amide bonds. The molecule has 29 heavy (non-hydrogen) atoms. The minimum Gasteiger partial charge on any atom is -0.423 e. The maximum atomic E-state index is 13.3. The lowest BCUT2D eigenvalue weighted by Crippen LogP contribution is -2.43. The van der Waals surface area contributed by atoms with E-state index in [4.69, 9.17) is 16.0 Å². The zero-order valence-electron chi connectivity index (χ0n) is 15.4. The summed E-state index contributed by atoms with van der Waals surface area (Å²) >= 11 is 9.31. The Morgan fingerprint density at radius 1 is 1.10 bits per heavy atom. The van der Waals surface area contributed by atoms with Gasteiger partial charge >= 0.3 is 11.7 Å². The summed E-state index contributed by atoms with van der Waals surface area (Å²) in [4.78, 5) is 39.2. The maximum absolute atomic E-state index is 13.3. The monoisotopic (exact) mass is 474 g/mol.